The maximum atomic E-state index is 12.9. The number of carbonyl (C=O) groups excluding carboxylic acids is 1. The van der Waals surface area contributed by atoms with Crippen LogP contribution in [-0.4, -0.2) is 67.0 Å². The van der Waals surface area contributed by atoms with E-state index in [1.807, 2.05) is 52.0 Å². The summed E-state index contributed by atoms with van der Waals surface area (Å²) in [5.74, 6) is -0.123. The molecular weight excluding hydrogens is 374 g/mol. The number of hydrogen-bond donors (Lipinski definition) is 1. The molecule has 1 amide bonds. The standard InChI is InChI=1S/C22H33NO6/c1-21(2,3)29-20(25)23-13-18(22(4)27-10-11-28-22)17(19(23)14-24)12-15-6-8-16(26-5)9-7-15/h6-9,17-19,24H,10-14H2,1-5H3/t17-,18+,19+/m0/s1. The summed E-state index contributed by atoms with van der Waals surface area (Å²) in [7, 11) is 1.64. The first kappa shape index (κ1) is 21.9. The fourth-order valence-electron chi connectivity index (χ4n) is 4.36. The zero-order chi connectivity index (χ0) is 21.2. The predicted molar refractivity (Wildman–Crippen MR) is 108 cm³/mol. The van der Waals surface area contributed by atoms with Gasteiger partial charge >= 0.3 is 6.09 Å². The van der Waals surface area contributed by atoms with E-state index in [1.165, 1.54) is 0 Å². The second-order valence-electron chi connectivity index (χ2n) is 8.92. The monoisotopic (exact) mass is 407 g/mol. The molecule has 0 unspecified atom stereocenters. The van der Waals surface area contributed by atoms with Crippen LogP contribution in [-0.2, 0) is 20.6 Å². The second kappa shape index (κ2) is 8.50. The van der Waals surface area contributed by atoms with Crippen LogP contribution in [0.2, 0.25) is 0 Å². The molecule has 2 fully saturated rings. The molecule has 162 valence electrons. The zero-order valence-electron chi connectivity index (χ0n) is 18.0. The SMILES string of the molecule is COc1ccc(C[C@@H]2[C@@H](CO)N(C(=O)OC(C)(C)C)C[C@H]2C2(C)OCCO2)cc1. The number of methoxy groups -OCH3 is 1. The summed E-state index contributed by atoms with van der Waals surface area (Å²) in [5, 5.41) is 10.2. The van der Waals surface area contributed by atoms with Gasteiger partial charge in [-0.1, -0.05) is 12.1 Å². The number of carbonyl (C=O) groups is 1. The number of ether oxygens (including phenoxy) is 4. The van der Waals surface area contributed by atoms with Gasteiger partial charge in [0.05, 0.1) is 33.0 Å². The maximum absolute atomic E-state index is 12.9. The number of rotatable bonds is 5. The highest BCUT2D eigenvalue weighted by Gasteiger charge is 2.54. The van der Waals surface area contributed by atoms with Crippen LogP contribution in [0.1, 0.15) is 33.3 Å². The summed E-state index contributed by atoms with van der Waals surface area (Å²) in [6.07, 6.45) is 0.266. The smallest absolute Gasteiger partial charge is 0.410 e. The van der Waals surface area contributed by atoms with E-state index in [-0.39, 0.29) is 24.5 Å². The molecule has 0 radical (unpaired) electrons. The van der Waals surface area contributed by atoms with Gasteiger partial charge in [-0.05, 0) is 57.7 Å². The molecule has 7 nitrogen and oxygen atoms in total. The average Bonchev–Trinajstić information content (AvgIpc) is 3.25. The molecule has 0 saturated carbocycles. The number of benzene rings is 1. The first-order valence-electron chi connectivity index (χ1n) is 10.2. The van der Waals surface area contributed by atoms with Gasteiger partial charge < -0.3 is 29.0 Å². The molecule has 3 rings (SSSR count). The van der Waals surface area contributed by atoms with Crippen LogP contribution in [0.15, 0.2) is 24.3 Å². The topological polar surface area (TPSA) is 77.5 Å². The maximum Gasteiger partial charge on any atom is 0.410 e. The molecular formula is C22H33NO6. The molecule has 2 aliphatic rings. The number of nitrogens with zero attached hydrogens (tertiary/aromatic N) is 1. The van der Waals surface area contributed by atoms with Gasteiger partial charge in [0, 0.05) is 12.5 Å². The quantitative estimate of drug-likeness (QED) is 0.809. The van der Waals surface area contributed by atoms with E-state index in [1.54, 1.807) is 12.0 Å². The van der Waals surface area contributed by atoms with Crippen LogP contribution in [0.4, 0.5) is 4.79 Å². The summed E-state index contributed by atoms with van der Waals surface area (Å²) in [6.45, 7) is 8.77. The molecule has 0 bridgehead atoms. The highest BCUT2D eigenvalue weighted by atomic mass is 16.7. The highest BCUT2D eigenvalue weighted by Crippen LogP contribution is 2.43. The van der Waals surface area contributed by atoms with Crippen molar-refractivity contribution in [3.63, 3.8) is 0 Å². The minimum absolute atomic E-state index is 0.0380. The van der Waals surface area contributed by atoms with E-state index in [9.17, 15) is 9.90 Å². The van der Waals surface area contributed by atoms with E-state index >= 15 is 0 Å². The number of hydrogen-bond acceptors (Lipinski definition) is 6. The van der Waals surface area contributed by atoms with Crippen molar-refractivity contribution in [3.8, 4) is 5.75 Å². The van der Waals surface area contributed by atoms with Gasteiger partial charge in [0.25, 0.3) is 0 Å². The van der Waals surface area contributed by atoms with Gasteiger partial charge in [0.1, 0.15) is 11.4 Å². The van der Waals surface area contributed by atoms with Crippen molar-refractivity contribution in [2.75, 3.05) is 33.5 Å². The molecule has 29 heavy (non-hydrogen) atoms. The summed E-state index contributed by atoms with van der Waals surface area (Å²) in [4.78, 5) is 14.5. The molecule has 1 N–H and O–H groups in total. The Morgan fingerprint density at radius 3 is 2.38 bits per heavy atom. The molecule has 2 aliphatic heterocycles. The number of likely N-dealkylation sites (tertiary alicyclic amines) is 1. The molecule has 0 aromatic heterocycles. The summed E-state index contributed by atoms with van der Waals surface area (Å²) in [5.41, 5.74) is 0.497. The molecule has 3 atom stereocenters. The molecule has 7 heteroatoms. The largest absolute Gasteiger partial charge is 0.497 e. The van der Waals surface area contributed by atoms with Crippen molar-refractivity contribution in [3.05, 3.63) is 29.8 Å². The summed E-state index contributed by atoms with van der Waals surface area (Å²) < 4.78 is 22.7. The first-order chi connectivity index (χ1) is 13.7. The predicted octanol–water partition coefficient (Wildman–Crippen LogP) is 2.84. The Balaban J connectivity index is 1.88. The molecule has 1 aromatic carbocycles. The van der Waals surface area contributed by atoms with Crippen molar-refractivity contribution in [1.82, 2.24) is 4.90 Å². The van der Waals surface area contributed by atoms with Gasteiger partial charge in [0.15, 0.2) is 5.79 Å². The lowest BCUT2D eigenvalue weighted by atomic mass is 9.81. The zero-order valence-corrected chi connectivity index (χ0v) is 18.0. The van der Waals surface area contributed by atoms with Gasteiger partial charge in [0.2, 0.25) is 0 Å². The normalized spacial score (nSPS) is 26.6. The number of aliphatic hydroxyl groups is 1. The van der Waals surface area contributed by atoms with Crippen LogP contribution in [0.3, 0.4) is 0 Å². The molecule has 0 aliphatic carbocycles. The Morgan fingerprint density at radius 2 is 1.86 bits per heavy atom. The van der Waals surface area contributed by atoms with Crippen molar-refractivity contribution >= 4 is 6.09 Å². The van der Waals surface area contributed by atoms with Gasteiger partial charge in [-0.25, -0.2) is 4.79 Å². The van der Waals surface area contributed by atoms with Crippen molar-refractivity contribution in [1.29, 1.82) is 0 Å². The Bertz CT molecular complexity index is 692. The average molecular weight is 408 g/mol. The van der Waals surface area contributed by atoms with Gasteiger partial charge in [-0.2, -0.15) is 0 Å². The van der Waals surface area contributed by atoms with E-state index in [4.69, 9.17) is 18.9 Å². The van der Waals surface area contributed by atoms with Crippen LogP contribution in [0.25, 0.3) is 0 Å². The molecule has 2 heterocycles. The lowest BCUT2D eigenvalue weighted by molar-refractivity contribution is -0.187. The number of amides is 1. The van der Waals surface area contributed by atoms with Crippen LogP contribution < -0.4 is 4.74 Å². The molecule has 0 spiro atoms. The van der Waals surface area contributed by atoms with E-state index in [2.05, 4.69) is 0 Å². The highest BCUT2D eigenvalue weighted by molar-refractivity contribution is 5.69. The van der Waals surface area contributed by atoms with Gasteiger partial charge in [-0.3, -0.25) is 0 Å². The Kier molecular flexibility index (Phi) is 6.41. The Morgan fingerprint density at radius 1 is 1.24 bits per heavy atom. The summed E-state index contributed by atoms with van der Waals surface area (Å²) in [6, 6.07) is 7.49. The van der Waals surface area contributed by atoms with E-state index in [0.717, 1.165) is 11.3 Å². The van der Waals surface area contributed by atoms with Gasteiger partial charge in [-0.15, -0.1) is 0 Å². The van der Waals surface area contributed by atoms with Crippen LogP contribution in [0, 0.1) is 11.8 Å². The third kappa shape index (κ3) is 4.85. The first-order valence-corrected chi connectivity index (χ1v) is 10.2. The van der Waals surface area contributed by atoms with E-state index < -0.39 is 17.5 Å². The van der Waals surface area contributed by atoms with Crippen molar-refractivity contribution in [2.24, 2.45) is 11.8 Å². The third-order valence-electron chi connectivity index (χ3n) is 5.78. The lowest BCUT2D eigenvalue weighted by Gasteiger charge is -2.34. The molecule has 2 saturated heterocycles. The second-order valence-corrected chi connectivity index (χ2v) is 8.92. The third-order valence-corrected chi connectivity index (χ3v) is 5.78. The van der Waals surface area contributed by atoms with Crippen molar-refractivity contribution in [2.45, 2.75) is 51.5 Å². The minimum atomic E-state index is -0.790. The number of aliphatic hydroxyl groups excluding tert-OH is 1. The fourth-order valence-corrected chi connectivity index (χ4v) is 4.36. The van der Waals surface area contributed by atoms with Crippen LogP contribution >= 0.6 is 0 Å². The minimum Gasteiger partial charge on any atom is -0.497 e. The Hall–Kier alpha value is -1.83. The van der Waals surface area contributed by atoms with Crippen molar-refractivity contribution < 1.29 is 28.8 Å². The molecule has 1 aromatic rings. The summed E-state index contributed by atoms with van der Waals surface area (Å²) >= 11 is 0. The van der Waals surface area contributed by atoms with E-state index in [0.29, 0.717) is 26.2 Å². The lowest BCUT2D eigenvalue weighted by Crippen LogP contribution is -2.43. The van der Waals surface area contributed by atoms with Crippen LogP contribution in [0.5, 0.6) is 5.75 Å². The fraction of sp³-hybridized carbons (Fsp3) is 0.682. The Labute approximate surface area is 172 Å².